The summed E-state index contributed by atoms with van der Waals surface area (Å²) in [5.74, 6) is 1.40. The van der Waals surface area contributed by atoms with E-state index in [-0.39, 0.29) is 18.6 Å². The summed E-state index contributed by atoms with van der Waals surface area (Å²) in [4.78, 5) is 0. The van der Waals surface area contributed by atoms with Crippen LogP contribution in [0.25, 0.3) is 0 Å². The molecule has 2 N–H and O–H groups in total. The molecular weight excluding hydrogens is 152 g/mol. The van der Waals surface area contributed by atoms with Crippen molar-refractivity contribution in [3.05, 3.63) is 0 Å². The van der Waals surface area contributed by atoms with Crippen molar-refractivity contribution < 1.29 is 10.2 Å². The van der Waals surface area contributed by atoms with Gasteiger partial charge in [0.25, 0.3) is 0 Å². The van der Waals surface area contributed by atoms with Crippen LogP contribution in [0, 0.1) is 17.8 Å². The highest BCUT2D eigenvalue weighted by molar-refractivity contribution is 4.92. The molecule has 2 rings (SSSR count). The van der Waals surface area contributed by atoms with Crippen molar-refractivity contribution in [2.24, 2.45) is 17.8 Å². The number of aliphatic hydroxyl groups is 2. The highest BCUT2D eigenvalue weighted by Crippen LogP contribution is 2.44. The highest BCUT2D eigenvalue weighted by Gasteiger charge is 2.42. The first-order valence-electron chi connectivity index (χ1n) is 5.12. The average molecular weight is 170 g/mol. The lowest BCUT2D eigenvalue weighted by Gasteiger charge is -2.26. The SMILES string of the molecule is OCC1CC2CCCCC2C1O. The average Bonchev–Trinajstić information content (AvgIpc) is 2.44. The summed E-state index contributed by atoms with van der Waals surface area (Å²) >= 11 is 0. The Morgan fingerprint density at radius 2 is 1.92 bits per heavy atom. The van der Waals surface area contributed by atoms with Gasteiger partial charge < -0.3 is 10.2 Å². The van der Waals surface area contributed by atoms with E-state index >= 15 is 0 Å². The third-order valence-electron chi connectivity index (χ3n) is 3.73. The molecule has 0 bridgehead atoms. The van der Waals surface area contributed by atoms with Crippen molar-refractivity contribution >= 4 is 0 Å². The predicted molar refractivity (Wildman–Crippen MR) is 46.6 cm³/mol. The number of rotatable bonds is 1. The summed E-state index contributed by atoms with van der Waals surface area (Å²) < 4.78 is 0. The largest absolute Gasteiger partial charge is 0.396 e. The van der Waals surface area contributed by atoms with Gasteiger partial charge in [0.2, 0.25) is 0 Å². The van der Waals surface area contributed by atoms with Gasteiger partial charge in [0, 0.05) is 12.5 Å². The number of fused-ring (bicyclic) bond motifs is 1. The van der Waals surface area contributed by atoms with E-state index in [1.807, 2.05) is 0 Å². The molecule has 2 nitrogen and oxygen atoms in total. The lowest BCUT2D eigenvalue weighted by molar-refractivity contribution is 0.0479. The van der Waals surface area contributed by atoms with Gasteiger partial charge in [-0.2, -0.15) is 0 Å². The molecule has 0 aromatic rings. The van der Waals surface area contributed by atoms with Gasteiger partial charge >= 0.3 is 0 Å². The Labute approximate surface area is 73.6 Å². The maximum atomic E-state index is 9.82. The molecule has 4 atom stereocenters. The first-order valence-corrected chi connectivity index (χ1v) is 5.12. The number of aliphatic hydroxyl groups excluding tert-OH is 2. The quantitative estimate of drug-likeness (QED) is 0.620. The van der Waals surface area contributed by atoms with Crippen molar-refractivity contribution in [3.63, 3.8) is 0 Å². The molecule has 0 aromatic heterocycles. The fourth-order valence-electron chi connectivity index (χ4n) is 3.04. The van der Waals surface area contributed by atoms with Crippen molar-refractivity contribution in [3.8, 4) is 0 Å². The first-order chi connectivity index (χ1) is 5.83. The fourth-order valence-corrected chi connectivity index (χ4v) is 3.04. The minimum atomic E-state index is -0.208. The second kappa shape index (κ2) is 3.35. The highest BCUT2D eigenvalue weighted by atomic mass is 16.3. The van der Waals surface area contributed by atoms with E-state index in [0.717, 1.165) is 6.42 Å². The van der Waals surface area contributed by atoms with E-state index < -0.39 is 0 Å². The summed E-state index contributed by atoms with van der Waals surface area (Å²) in [6.07, 6.45) is 5.91. The zero-order valence-electron chi connectivity index (χ0n) is 7.45. The van der Waals surface area contributed by atoms with Gasteiger partial charge in [0.1, 0.15) is 0 Å². The number of hydrogen-bond acceptors (Lipinski definition) is 2. The standard InChI is InChI=1S/C10H18O2/c11-6-8-5-7-3-1-2-4-9(7)10(8)12/h7-12H,1-6H2. The Hall–Kier alpha value is -0.0800. The lowest BCUT2D eigenvalue weighted by atomic mass is 9.81. The first kappa shape index (κ1) is 8.52. The molecule has 70 valence electrons. The van der Waals surface area contributed by atoms with Crippen LogP contribution in [0.3, 0.4) is 0 Å². The second-order valence-electron chi connectivity index (χ2n) is 4.38. The van der Waals surface area contributed by atoms with E-state index in [1.165, 1.54) is 25.7 Å². The van der Waals surface area contributed by atoms with Crippen molar-refractivity contribution in [2.75, 3.05) is 6.61 Å². The summed E-state index contributed by atoms with van der Waals surface area (Å²) in [5.41, 5.74) is 0. The Balaban J connectivity index is 2.03. The van der Waals surface area contributed by atoms with Gasteiger partial charge in [0.15, 0.2) is 0 Å². The molecule has 0 amide bonds. The third kappa shape index (κ3) is 1.27. The third-order valence-corrected chi connectivity index (χ3v) is 3.73. The zero-order valence-corrected chi connectivity index (χ0v) is 7.45. The van der Waals surface area contributed by atoms with E-state index in [0.29, 0.717) is 11.8 Å². The Kier molecular flexibility index (Phi) is 2.37. The maximum absolute atomic E-state index is 9.82. The van der Waals surface area contributed by atoms with Crippen LogP contribution in [-0.2, 0) is 0 Å². The van der Waals surface area contributed by atoms with Crippen molar-refractivity contribution in [2.45, 2.75) is 38.2 Å². The topological polar surface area (TPSA) is 40.5 Å². The molecule has 0 saturated heterocycles. The molecule has 12 heavy (non-hydrogen) atoms. The van der Waals surface area contributed by atoms with E-state index in [2.05, 4.69) is 0 Å². The zero-order chi connectivity index (χ0) is 8.55. The molecule has 2 fully saturated rings. The predicted octanol–water partition coefficient (Wildman–Crippen LogP) is 1.17. The molecule has 0 aliphatic heterocycles. The molecule has 2 aliphatic carbocycles. The van der Waals surface area contributed by atoms with Crippen LogP contribution in [0.5, 0.6) is 0 Å². The van der Waals surface area contributed by atoms with Crippen molar-refractivity contribution in [1.29, 1.82) is 0 Å². The summed E-state index contributed by atoms with van der Waals surface area (Å²) in [6.45, 7) is 0.175. The molecule has 0 radical (unpaired) electrons. The van der Waals surface area contributed by atoms with Gasteiger partial charge in [-0.15, -0.1) is 0 Å². The van der Waals surface area contributed by atoms with Crippen molar-refractivity contribution in [1.82, 2.24) is 0 Å². The Bertz CT molecular complexity index is 156. The second-order valence-corrected chi connectivity index (χ2v) is 4.38. The van der Waals surface area contributed by atoms with Crippen LogP contribution in [0.4, 0.5) is 0 Å². The van der Waals surface area contributed by atoms with E-state index in [9.17, 15) is 5.11 Å². The van der Waals surface area contributed by atoms with Gasteiger partial charge in [-0.1, -0.05) is 19.3 Å². The smallest absolute Gasteiger partial charge is 0.0621 e. The molecule has 4 unspecified atom stereocenters. The van der Waals surface area contributed by atoms with Crippen LogP contribution in [0.1, 0.15) is 32.1 Å². The van der Waals surface area contributed by atoms with Gasteiger partial charge in [-0.3, -0.25) is 0 Å². The van der Waals surface area contributed by atoms with E-state index in [4.69, 9.17) is 5.11 Å². The van der Waals surface area contributed by atoms with Crippen LogP contribution in [0.2, 0.25) is 0 Å². The fraction of sp³-hybridized carbons (Fsp3) is 1.00. The molecule has 0 heterocycles. The molecule has 0 spiro atoms. The van der Waals surface area contributed by atoms with Gasteiger partial charge in [0.05, 0.1) is 6.10 Å². The van der Waals surface area contributed by atoms with Crippen LogP contribution in [-0.4, -0.2) is 22.9 Å². The summed E-state index contributed by atoms with van der Waals surface area (Å²) in [5, 5.41) is 18.8. The molecule has 2 aliphatic rings. The molecule has 0 aromatic carbocycles. The van der Waals surface area contributed by atoms with E-state index in [1.54, 1.807) is 0 Å². The molecular formula is C10H18O2. The lowest BCUT2D eigenvalue weighted by Crippen LogP contribution is -2.26. The Morgan fingerprint density at radius 3 is 2.58 bits per heavy atom. The minimum absolute atomic E-state index is 0.175. The van der Waals surface area contributed by atoms with Crippen LogP contribution >= 0.6 is 0 Å². The minimum Gasteiger partial charge on any atom is -0.396 e. The monoisotopic (exact) mass is 170 g/mol. The number of hydrogen-bond donors (Lipinski definition) is 2. The molecule has 2 heteroatoms. The maximum Gasteiger partial charge on any atom is 0.0621 e. The van der Waals surface area contributed by atoms with Crippen LogP contribution in [0.15, 0.2) is 0 Å². The normalized spacial score (nSPS) is 47.5. The Morgan fingerprint density at radius 1 is 1.17 bits per heavy atom. The molecule has 2 saturated carbocycles. The van der Waals surface area contributed by atoms with Gasteiger partial charge in [-0.05, 0) is 24.7 Å². The summed E-state index contributed by atoms with van der Waals surface area (Å²) in [6, 6.07) is 0. The van der Waals surface area contributed by atoms with Crippen LogP contribution < -0.4 is 0 Å². The summed E-state index contributed by atoms with van der Waals surface area (Å²) in [7, 11) is 0. The van der Waals surface area contributed by atoms with Gasteiger partial charge in [-0.25, -0.2) is 0 Å².